The Kier molecular flexibility index (Phi) is 8.04. The first kappa shape index (κ1) is 23.2. The molecule has 1 heterocycles. The van der Waals surface area contributed by atoms with Gasteiger partial charge in [-0.25, -0.2) is 13.6 Å². The molecule has 2 N–H and O–H groups in total. The Bertz CT molecular complexity index is 851. The van der Waals surface area contributed by atoms with E-state index in [1.807, 2.05) is 19.1 Å². The summed E-state index contributed by atoms with van der Waals surface area (Å²) < 4.78 is 60.2. The molecule has 9 heteroatoms. The van der Waals surface area contributed by atoms with Crippen LogP contribution >= 0.6 is 11.8 Å². The largest absolute Gasteiger partial charge is 0.490 e. The van der Waals surface area contributed by atoms with Gasteiger partial charge in [-0.1, -0.05) is 23.9 Å². The van der Waals surface area contributed by atoms with Gasteiger partial charge in [0.25, 0.3) is 0 Å². The Morgan fingerprint density at radius 1 is 1.07 bits per heavy atom. The fourth-order valence-electron chi connectivity index (χ4n) is 2.92. The third-order valence-corrected chi connectivity index (χ3v) is 5.44. The molecule has 1 saturated heterocycles. The maximum absolute atomic E-state index is 14.4. The van der Waals surface area contributed by atoms with Crippen molar-refractivity contribution in [1.29, 1.82) is 0 Å². The molecule has 3 nitrogen and oxygen atoms in total. The van der Waals surface area contributed by atoms with Gasteiger partial charge in [-0.3, -0.25) is 0 Å². The first-order valence-electron chi connectivity index (χ1n) is 8.83. The smallest absolute Gasteiger partial charge is 0.475 e. The zero-order chi connectivity index (χ0) is 21.6. The summed E-state index contributed by atoms with van der Waals surface area (Å²) >= 11 is 1.32. The number of carboxylic acid groups (broad SMARTS) is 1. The van der Waals surface area contributed by atoms with Crippen LogP contribution in [0, 0.1) is 18.6 Å². The monoisotopic (exact) mass is 433 g/mol. The van der Waals surface area contributed by atoms with E-state index in [4.69, 9.17) is 9.90 Å². The zero-order valence-electron chi connectivity index (χ0n) is 15.5. The van der Waals surface area contributed by atoms with Crippen LogP contribution in [0.15, 0.2) is 46.2 Å². The van der Waals surface area contributed by atoms with E-state index in [2.05, 4.69) is 5.32 Å². The Hall–Kier alpha value is -2.13. The van der Waals surface area contributed by atoms with E-state index in [0.717, 1.165) is 42.0 Å². The molecule has 29 heavy (non-hydrogen) atoms. The van der Waals surface area contributed by atoms with E-state index in [-0.39, 0.29) is 17.6 Å². The first-order valence-corrected chi connectivity index (χ1v) is 9.64. The Balaban J connectivity index is 0.000000370. The highest BCUT2D eigenvalue weighted by Crippen LogP contribution is 2.39. The number of carboxylic acids is 1. The number of alkyl halides is 3. The number of benzene rings is 2. The molecule has 0 saturated carbocycles. The number of rotatable bonds is 3. The Morgan fingerprint density at radius 2 is 1.69 bits per heavy atom. The molecule has 0 amide bonds. The molecule has 0 spiro atoms. The second-order valence-corrected chi connectivity index (χ2v) is 7.60. The highest BCUT2D eigenvalue weighted by atomic mass is 32.2. The van der Waals surface area contributed by atoms with Gasteiger partial charge in [0.2, 0.25) is 0 Å². The summed E-state index contributed by atoms with van der Waals surface area (Å²) in [6.45, 7) is 3.67. The SMILES string of the molecule is Cc1ccc(Sc2cccc(F)c2C2CCNCC2)c(F)c1.O=C(O)C(F)(F)F. The summed E-state index contributed by atoms with van der Waals surface area (Å²) in [7, 11) is 0. The molecule has 0 aromatic heterocycles. The number of hydrogen-bond donors (Lipinski definition) is 2. The first-order chi connectivity index (χ1) is 13.6. The molecule has 2 aromatic rings. The predicted octanol–water partition coefficient (Wildman–Crippen LogP) is 5.52. The molecule has 2 aromatic carbocycles. The molecule has 0 radical (unpaired) electrons. The fraction of sp³-hybridized carbons (Fsp3) is 0.350. The van der Waals surface area contributed by atoms with E-state index in [9.17, 15) is 22.0 Å². The van der Waals surface area contributed by atoms with Crippen LogP contribution in [0.25, 0.3) is 0 Å². The molecule has 1 aliphatic rings. The molecule has 158 valence electrons. The normalized spacial score (nSPS) is 14.8. The van der Waals surface area contributed by atoms with Gasteiger partial charge in [-0.05, 0) is 68.6 Å². The van der Waals surface area contributed by atoms with Crippen LogP contribution in [0.4, 0.5) is 22.0 Å². The standard InChI is InChI=1S/C18H19F2NS.C2HF3O2/c1-12-5-6-16(15(20)11-12)22-17-4-2-3-14(19)18(17)13-7-9-21-10-8-13;3-2(4,5)1(6)7/h2-6,11,13,21H,7-10H2,1H3;(H,6,7). The van der Waals surface area contributed by atoms with Gasteiger partial charge in [0.05, 0.1) is 0 Å². The van der Waals surface area contributed by atoms with E-state index in [0.29, 0.717) is 4.90 Å². The fourth-order valence-corrected chi connectivity index (χ4v) is 3.97. The van der Waals surface area contributed by atoms with Crippen LogP contribution in [-0.2, 0) is 4.79 Å². The van der Waals surface area contributed by atoms with Crippen molar-refractivity contribution in [2.24, 2.45) is 0 Å². The number of nitrogens with one attached hydrogen (secondary N) is 1. The molecule has 0 aliphatic carbocycles. The second-order valence-electron chi connectivity index (χ2n) is 6.51. The molecule has 0 bridgehead atoms. The van der Waals surface area contributed by atoms with Crippen LogP contribution in [0.1, 0.15) is 29.9 Å². The summed E-state index contributed by atoms with van der Waals surface area (Å²) in [6, 6.07) is 10.3. The maximum atomic E-state index is 14.4. The number of aryl methyl sites for hydroxylation is 1. The van der Waals surface area contributed by atoms with Crippen LogP contribution < -0.4 is 5.32 Å². The van der Waals surface area contributed by atoms with Crippen LogP contribution in [0.3, 0.4) is 0 Å². The number of hydrogen-bond acceptors (Lipinski definition) is 3. The Labute approximate surface area is 169 Å². The van der Waals surface area contributed by atoms with Gasteiger partial charge in [0.1, 0.15) is 11.6 Å². The predicted molar refractivity (Wildman–Crippen MR) is 100 cm³/mol. The van der Waals surface area contributed by atoms with Gasteiger partial charge in [0.15, 0.2) is 0 Å². The number of carbonyl (C=O) groups is 1. The van der Waals surface area contributed by atoms with Crippen molar-refractivity contribution in [2.75, 3.05) is 13.1 Å². The van der Waals surface area contributed by atoms with Gasteiger partial charge < -0.3 is 10.4 Å². The molecule has 1 aliphatic heterocycles. The van der Waals surface area contributed by atoms with Crippen molar-refractivity contribution in [3.63, 3.8) is 0 Å². The number of aliphatic carboxylic acids is 1. The minimum Gasteiger partial charge on any atom is -0.475 e. The molecule has 1 fully saturated rings. The third kappa shape index (κ3) is 6.71. The molecule has 0 unspecified atom stereocenters. The van der Waals surface area contributed by atoms with Crippen molar-refractivity contribution in [2.45, 2.75) is 41.7 Å². The summed E-state index contributed by atoms with van der Waals surface area (Å²) in [6.07, 6.45) is -3.24. The van der Waals surface area contributed by atoms with E-state index < -0.39 is 12.1 Å². The van der Waals surface area contributed by atoms with Gasteiger partial charge in [-0.15, -0.1) is 0 Å². The minimum atomic E-state index is -5.08. The lowest BCUT2D eigenvalue weighted by atomic mass is 9.90. The van der Waals surface area contributed by atoms with Crippen molar-refractivity contribution in [3.05, 3.63) is 59.2 Å². The van der Waals surface area contributed by atoms with Crippen molar-refractivity contribution >= 4 is 17.7 Å². The van der Waals surface area contributed by atoms with Crippen molar-refractivity contribution in [3.8, 4) is 0 Å². The highest BCUT2D eigenvalue weighted by molar-refractivity contribution is 7.99. The molecule has 0 atom stereocenters. The van der Waals surface area contributed by atoms with E-state index in [1.165, 1.54) is 23.9 Å². The van der Waals surface area contributed by atoms with E-state index in [1.54, 1.807) is 12.1 Å². The molecular formula is C20H20F5NO2S. The second kappa shape index (κ2) is 10.1. The summed E-state index contributed by atoms with van der Waals surface area (Å²) in [4.78, 5) is 10.3. The lowest BCUT2D eigenvalue weighted by Crippen LogP contribution is -2.27. The quantitative estimate of drug-likeness (QED) is 0.626. The number of piperidine rings is 1. The van der Waals surface area contributed by atoms with E-state index >= 15 is 0 Å². The van der Waals surface area contributed by atoms with Crippen molar-refractivity contribution in [1.82, 2.24) is 5.32 Å². The van der Waals surface area contributed by atoms with Crippen LogP contribution in [-0.4, -0.2) is 30.3 Å². The van der Waals surface area contributed by atoms with Crippen molar-refractivity contribution < 1.29 is 31.9 Å². The lowest BCUT2D eigenvalue weighted by molar-refractivity contribution is -0.192. The maximum Gasteiger partial charge on any atom is 0.490 e. The summed E-state index contributed by atoms with van der Waals surface area (Å²) in [5, 5.41) is 10.4. The Morgan fingerprint density at radius 3 is 2.24 bits per heavy atom. The molecular weight excluding hydrogens is 413 g/mol. The topological polar surface area (TPSA) is 49.3 Å². The van der Waals surface area contributed by atoms with Crippen LogP contribution in [0.5, 0.6) is 0 Å². The number of halogens is 5. The van der Waals surface area contributed by atoms with Gasteiger partial charge in [0, 0.05) is 15.4 Å². The zero-order valence-corrected chi connectivity index (χ0v) is 16.3. The summed E-state index contributed by atoms with van der Waals surface area (Å²) in [5.74, 6) is -2.97. The average Bonchev–Trinajstić information content (AvgIpc) is 2.64. The van der Waals surface area contributed by atoms with Gasteiger partial charge in [-0.2, -0.15) is 13.2 Å². The van der Waals surface area contributed by atoms with Crippen LogP contribution in [0.2, 0.25) is 0 Å². The summed E-state index contributed by atoms with van der Waals surface area (Å²) in [5.41, 5.74) is 1.63. The molecule has 3 rings (SSSR count). The lowest BCUT2D eigenvalue weighted by Gasteiger charge is -2.25. The highest BCUT2D eigenvalue weighted by Gasteiger charge is 2.38. The third-order valence-electron chi connectivity index (χ3n) is 4.31. The average molecular weight is 433 g/mol. The minimum absolute atomic E-state index is 0.176. The van der Waals surface area contributed by atoms with Gasteiger partial charge >= 0.3 is 12.1 Å².